The van der Waals surface area contributed by atoms with Crippen LogP contribution < -0.4 is 4.74 Å². The fourth-order valence-electron chi connectivity index (χ4n) is 1.53. The molecule has 0 N–H and O–H groups in total. The average molecular weight is 330 g/mol. The first-order valence-corrected chi connectivity index (χ1v) is 6.90. The van der Waals surface area contributed by atoms with Gasteiger partial charge in [-0.15, -0.1) is 0 Å². The number of alkyl halides is 1. The maximum Gasteiger partial charge on any atom is 0.165 e. The summed E-state index contributed by atoms with van der Waals surface area (Å²) in [7, 11) is 0. The molecule has 0 radical (unpaired) electrons. The Morgan fingerprint density at radius 3 is 2.61 bits per heavy atom. The number of hydrogen-bond donors (Lipinski definition) is 0. The van der Waals surface area contributed by atoms with Gasteiger partial charge in [0.15, 0.2) is 11.6 Å². The van der Waals surface area contributed by atoms with Gasteiger partial charge in [0.25, 0.3) is 0 Å². The summed E-state index contributed by atoms with van der Waals surface area (Å²) in [6.45, 7) is 0.297. The molecular weight excluding hydrogens is 319 g/mol. The first-order chi connectivity index (χ1) is 8.69. The summed E-state index contributed by atoms with van der Waals surface area (Å²) < 4.78 is 19.1. The molecule has 0 fully saturated rings. The van der Waals surface area contributed by atoms with E-state index in [0.29, 0.717) is 17.0 Å². The Morgan fingerprint density at radius 2 is 1.94 bits per heavy atom. The van der Waals surface area contributed by atoms with E-state index in [0.717, 1.165) is 11.1 Å². The highest BCUT2D eigenvalue weighted by Gasteiger charge is 2.05. The minimum atomic E-state index is -0.353. The lowest BCUT2D eigenvalue weighted by Gasteiger charge is -2.08. The Labute approximate surface area is 119 Å². The molecule has 0 saturated heterocycles. The van der Waals surface area contributed by atoms with Crippen LogP contribution in [0.15, 0.2) is 42.5 Å². The molecule has 0 spiro atoms. The molecule has 2 aromatic carbocycles. The van der Waals surface area contributed by atoms with Crippen LogP contribution in [-0.2, 0) is 11.9 Å². The molecule has 0 saturated carbocycles. The number of benzene rings is 2. The molecule has 0 aliphatic carbocycles. The fourth-order valence-corrected chi connectivity index (χ4v) is 2.09. The van der Waals surface area contributed by atoms with Crippen LogP contribution >= 0.6 is 27.5 Å². The van der Waals surface area contributed by atoms with E-state index < -0.39 is 0 Å². The largest absolute Gasteiger partial charge is 0.486 e. The van der Waals surface area contributed by atoms with Gasteiger partial charge < -0.3 is 4.74 Å². The molecule has 18 heavy (non-hydrogen) atoms. The highest BCUT2D eigenvalue weighted by molar-refractivity contribution is 9.08. The van der Waals surface area contributed by atoms with Crippen molar-refractivity contribution in [1.82, 2.24) is 0 Å². The second kappa shape index (κ2) is 6.21. The Balaban J connectivity index is 2.06. The van der Waals surface area contributed by atoms with E-state index >= 15 is 0 Å². The van der Waals surface area contributed by atoms with Gasteiger partial charge >= 0.3 is 0 Å². The summed E-state index contributed by atoms with van der Waals surface area (Å²) in [5, 5.41) is 1.27. The van der Waals surface area contributed by atoms with E-state index in [4.69, 9.17) is 16.3 Å². The standard InChI is InChI=1S/C14H11BrClFO/c15-8-10-4-5-14(13(17)7-10)18-9-11-2-1-3-12(16)6-11/h1-7H,8-9H2. The summed E-state index contributed by atoms with van der Waals surface area (Å²) in [6.07, 6.45) is 0. The summed E-state index contributed by atoms with van der Waals surface area (Å²) in [4.78, 5) is 0. The van der Waals surface area contributed by atoms with Crippen molar-refractivity contribution in [1.29, 1.82) is 0 Å². The lowest BCUT2D eigenvalue weighted by atomic mass is 10.2. The Morgan fingerprint density at radius 1 is 1.11 bits per heavy atom. The zero-order valence-corrected chi connectivity index (χ0v) is 11.8. The molecule has 1 nitrogen and oxygen atoms in total. The highest BCUT2D eigenvalue weighted by Crippen LogP contribution is 2.21. The molecule has 0 aliphatic rings. The third kappa shape index (κ3) is 3.47. The molecular formula is C14H11BrClFO. The van der Waals surface area contributed by atoms with Gasteiger partial charge in [-0.1, -0.05) is 45.7 Å². The molecule has 2 aromatic rings. The van der Waals surface area contributed by atoms with Crippen LogP contribution in [0.2, 0.25) is 5.02 Å². The number of hydrogen-bond acceptors (Lipinski definition) is 1. The first kappa shape index (κ1) is 13.4. The highest BCUT2D eigenvalue weighted by atomic mass is 79.9. The summed E-state index contributed by atoms with van der Waals surface area (Å²) in [5.74, 6) is -0.103. The third-order valence-corrected chi connectivity index (χ3v) is 3.32. The zero-order valence-electron chi connectivity index (χ0n) is 9.50. The zero-order chi connectivity index (χ0) is 13.0. The van der Waals surface area contributed by atoms with Crippen molar-refractivity contribution in [2.45, 2.75) is 11.9 Å². The smallest absolute Gasteiger partial charge is 0.165 e. The van der Waals surface area contributed by atoms with E-state index in [2.05, 4.69) is 15.9 Å². The van der Waals surface area contributed by atoms with Crippen molar-refractivity contribution >= 4 is 27.5 Å². The van der Waals surface area contributed by atoms with Crippen molar-refractivity contribution in [2.75, 3.05) is 0 Å². The second-order valence-electron chi connectivity index (χ2n) is 3.82. The monoisotopic (exact) mass is 328 g/mol. The fraction of sp³-hybridized carbons (Fsp3) is 0.143. The van der Waals surface area contributed by atoms with Gasteiger partial charge in [-0.3, -0.25) is 0 Å². The summed E-state index contributed by atoms with van der Waals surface area (Å²) in [5.41, 5.74) is 1.79. The van der Waals surface area contributed by atoms with Crippen LogP contribution in [0, 0.1) is 5.82 Å². The summed E-state index contributed by atoms with van der Waals surface area (Å²) >= 11 is 9.14. The Kier molecular flexibility index (Phi) is 4.61. The third-order valence-electron chi connectivity index (χ3n) is 2.43. The minimum Gasteiger partial charge on any atom is -0.486 e. The van der Waals surface area contributed by atoms with Crippen LogP contribution in [0.3, 0.4) is 0 Å². The molecule has 94 valence electrons. The maximum absolute atomic E-state index is 13.6. The van der Waals surface area contributed by atoms with Crippen molar-refractivity contribution in [3.8, 4) is 5.75 Å². The topological polar surface area (TPSA) is 9.23 Å². The minimum absolute atomic E-state index is 0.250. The van der Waals surface area contributed by atoms with Crippen molar-refractivity contribution in [3.05, 3.63) is 64.4 Å². The van der Waals surface area contributed by atoms with Crippen molar-refractivity contribution < 1.29 is 9.13 Å². The summed E-state index contributed by atoms with van der Waals surface area (Å²) in [6, 6.07) is 12.2. The maximum atomic E-state index is 13.6. The van der Waals surface area contributed by atoms with Crippen LogP contribution in [-0.4, -0.2) is 0 Å². The molecule has 0 bridgehead atoms. The van der Waals surface area contributed by atoms with Crippen LogP contribution in [0.4, 0.5) is 4.39 Å². The van der Waals surface area contributed by atoms with Gasteiger partial charge in [0.05, 0.1) is 0 Å². The van der Waals surface area contributed by atoms with Gasteiger partial charge in [0, 0.05) is 10.4 Å². The lowest BCUT2D eigenvalue weighted by Crippen LogP contribution is -1.97. The number of rotatable bonds is 4. The molecule has 0 aromatic heterocycles. The van der Waals surface area contributed by atoms with Crippen LogP contribution in [0.25, 0.3) is 0 Å². The van der Waals surface area contributed by atoms with Crippen molar-refractivity contribution in [3.63, 3.8) is 0 Å². The second-order valence-corrected chi connectivity index (χ2v) is 4.81. The van der Waals surface area contributed by atoms with E-state index in [-0.39, 0.29) is 11.6 Å². The van der Waals surface area contributed by atoms with Gasteiger partial charge in [-0.25, -0.2) is 4.39 Å². The van der Waals surface area contributed by atoms with E-state index in [9.17, 15) is 4.39 Å². The quantitative estimate of drug-likeness (QED) is 0.721. The number of halogens is 3. The first-order valence-electron chi connectivity index (χ1n) is 5.40. The van der Waals surface area contributed by atoms with Gasteiger partial charge in [0.1, 0.15) is 6.61 Å². The van der Waals surface area contributed by atoms with E-state index in [1.807, 2.05) is 18.2 Å². The molecule has 2 rings (SSSR count). The molecule has 0 aliphatic heterocycles. The molecule has 0 amide bonds. The predicted molar refractivity (Wildman–Crippen MR) is 74.8 cm³/mol. The Hall–Kier alpha value is -1.06. The van der Waals surface area contributed by atoms with Gasteiger partial charge in [-0.05, 0) is 35.4 Å². The lowest BCUT2D eigenvalue weighted by molar-refractivity contribution is 0.290. The van der Waals surface area contributed by atoms with Crippen molar-refractivity contribution in [2.24, 2.45) is 0 Å². The molecule has 0 atom stereocenters. The van der Waals surface area contributed by atoms with Gasteiger partial charge in [-0.2, -0.15) is 0 Å². The Bertz CT molecular complexity index is 545. The molecule has 0 heterocycles. The molecule has 4 heteroatoms. The van der Waals surface area contributed by atoms with Crippen LogP contribution in [0.5, 0.6) is 5.75 Å². The van der Waals surface area contributed by atoms with Crippen LogP contribution in [0.1, 0.15) is 11.1 Å². The normalized spacial score (nSPS) is 10.4. The van der Waals surface area contributed by atoms with E-state index in [1.165, 1.54) is 6.07 Å². The van der Waals surface area contributed by atoms with E-state index in [1.54, 1.807) is 18.2 Å². The molecule has 0 unspecified atom stereocenters. The number of ether oxygens (including phenoxy) is 1. The predicted octanol–water partition coefficient (Wildman–Crippen LogP) is 4.95. The average Bonchev–Trinajstić information content (AvgIpc) is 2.37. The van der Waals surface area contributed by atoms with Gasteiger partial charge in [0.2, 0.25) is 0 Å². The SMILES string of the molecule is Fc1cc(CBr)ccc1OCc1cccc(Cl)c1.